The second-order valence-electron chi connectivity index (χ2n) is 4.26. The van der Waals surface area contributed by atoms with Gasteiger partial charge in [-0.15, -0.1) is 0 Å². The third-order valence-electron chi connectivity index (χ3n) is 2.27. The topological polar surface area (TPSA) is 69.1 Å². The van der Waals surface area contributed by atoms with Crippen LogP contribution in [0.1, 0.15) is 31.1 Å². The Morgan fingerprint density at radius 3 is 2.32 bits per heavy atom. The van der Waals surface area contributed by atoms with Gasteiger partial charge in [0.1, 0.15) is 0 Å². The van der Waals surface area contributed by atoms with E-state index in [1.54, 1.807) is 0 Å². The molecule has 0 aliphatic carbocycles. The van der Waals surface area contributed by atoms with Gasteiger partial charge in [-0.1, -0.05) is 0 Å². The molecule has 106 valence electrons. The third kappa shape index (κ3) is 6.34. The fourth-order valence-electron chi connectivity index (χ4n) is 1.44. The average Bonchev–Trinajstić information content (AvgIpc) is 2.37. The summed E-state index contributed by atoms with van der Waals surface area (Å²) in [5.41, 5.74) is 3.41. The van der Waals surface area contributed by atoms with E-state index in [2.05, 4.69) is 10.4 Å². The Bertz CT molecular complexity index is 423. The van der Waals surface area contributed by atoms with Crippen molar-refractivity contribution in [1.29, 1.82) is 0 Å². The molecule has 19 heavy (non-hydrogen) atoms. The maximum absolute atomic E-state index is 12.2. The number of amidine groups is 1. The second-order valence-corrected chi connectivity index (χ2v) is 7.10. The number of ketones is 1. The Morgan fingerprint density at radius 2 is 1.84 bits per heavy atom. The number of hydrogen-bond donors (Lipinski definition) is 3. The van der Waals surface area contributed by atoms with Gasteiger partial charge in [0.2, 0.25) is 0 Å². The standard InChI is InChI=1S/C13H19N3OSe.BrH/c1-9(2)15-13(16-14)18-10(3)12(17)11-7-5-4-6-8-11;/h4-10H,14H2,1-3H3,(H,15,16);1H. The summed E-state index contributed by atoms with van der Waals surface area (Å²) in [6.45, 7) is 6.02. The summed E-state index contributed by atoms with van der Waals surface area (Å²) in [4.78, 5) is 15.4. The van der Waals surface area contributed by atoms with Crippen LogP contribution in [0.3, 0.4) is 0 Å². The van der Waals surface area contributed by atoms with Crippen molar-refractivity contribution >= 4 is 25.5 Å². The molecule has 0 spiro atoms. The Kier molecular flexibility index (Phi) is 8.93. The van der Waals surface area contributed by atoms with Crippen molar-refractivity contribution in [3.05, 3.63) is 35.9 Å². The minimum absolute atomic E-state index is 0. The SMILES string of the molecule is CC(C)[NH+]=C(NN)[Se]C(C)C(=O)c1ccccc1.[Br-]. The Balaban J connectivity index is 0.00000324. The summed E-state index contributed by atoms with van der Waals surface area (Å²) >= 11 is -0.0219. The number of halogens is 1. The van der Waals surface area contributed by atoms with Gasteiger partial charge in [-0.05, 0) is 0 Å². The zero-order chi connectivity index (χ0) is 13.5. The van der Waals surface area contributed by atoms with E-state index in [0.29, 0.717) is 6.04 Å². The maximum atomic E-state index is 12.2. The smallest absolute Gasteiger partial charge is 1.00 e. The van der Waals surface area contributed by atoms with Crippen LogP contribution in [-0.4, -0.2) is 31.5 Å². The van der Waals surface area contributed by atoms with Gasteiger partial charge in [-0.25, -0.2) is 0 Å². The number of hydrazine groups is 1. The van der Waals surface area contributed by atoms with Gasteiger partial charge in [0.15, 0.2) is 0 Å². The van der Waals surface area contributed by atoms with E-state index in [0.717, 1.165) is 10.3 Å². The van der Waals surface area contributed by atoms with E-state index in [1.165, 1.54) is 0 Å². The molecule has 1 aromatic rings. The summed E-state index contributed by atoms with van der Waals surface area (Å²) in [7, 11) is 0. The molecule has 0 saturated carbocycles. The average molecular weight is 393 g/mol. The molecule has 0 radical (unpaired) electrons. The van der Waals surface area contributed by atoms with Gasteiger partial charge in [0, 0.05) is 0 Å². The third-order valence-corrected chi connectivity index (χ3v) is 4.45. The van der Waals surface area contributed by atoms with Crippen LogP contribution in [0, 0.1) is 0 Å². The monoisotopic (exact) mass is 393 g/mol. The van der Waals surface area contributed by atoms with Gasteiger partial charge in [-0.2, -0.15) is 0 Å². The largest absolute Gasteiger partial charge is 1.00 e. The molecule has 0 heterocycles. The van der Waals surface area contributed by atoms with Gasteiger partial charge in [0.05, 0.1) is 0 Å². The molecule has 1 atom stereocenters. The fraction of sp³-hybridized carbons (Fsp3) is 0.385. The minimum Gasteiger partial charge on any atom is -1.00 e. The molecule has 0 saturated heterocycles. The molecule has 0 fully saturated rings. The number of rotatable bonds is 5. The van der Waals surface area contributed by atoms with E-state index >= 15 is 0 Å². The molecule has 1 unspecified atom stereocenters. The molecule has 0 bridgehead atoms. The maximum Gasteiger partial charge on any atom is -1.00 e. The van der Waals surface area contributed by atoms with Crippen molar-refractivity contribution in [2.24, 2.45) is 5.84 Å². The van der Waals surface area contributed by atoms with Crippen LogP contribution in [0.25, 0.3) is 0 Å². The molecule has 0 aromatic heterocycles. The first kappa shape index (κ1) is 18.3. The van der Waals surface area contributed by atoms with Gasteiger partial charge >= 0.3 is 114 Å². The van der Waals surface area contributed by atoms with Gasteiger partial charge in [-0.3, -0.25) is 0 Å². The van der Waals surface area contributed by atoms with Gasteiger partial charge < -0.3 is 17.0 Å². The minimum atomic E-state index is -0.0443. The summed E-state index contributed by atoms with van der Waals surface area (Å²) < 4.78 is 0.856. The predicted octanol–water partition coefficient (Wildman–Crippen LogP) is -3.31. The summed E-state index contributed by atoms with van der Waals surface area (Å²) in [5, 5.41) is 0. The van der Waals surface area contributed by atoms with Crippen LogP contribution in [0.2, 0.25) is 4.82 Å². The quantitative estimate of drug-likeness (QED) is 0.123. The molecule has 0 amide bonds. The first-order chi connectivity index (χ1) is 8.54. The molecule has 0 aliphatic rings. The molecule has 4 N–H and O–H groups in total. The molecule has 4 nitrogen and oxygen atoms in total. The van der Waals surface area contributed by atoms with Crippen LogP contribution in [0.15, 0.2) is 30.3 Å². The number of carbonyl (C=O) groups is 1. The van der Waals surface area contributed by atoms with Crippen molar-refractivity contribution in [3.8, 4) is 0 Å². The number of benzene rings is 1. The van der Waals surface area contributed by atoms with E-state index in [-0.39, 0.29) is 42.5 Å². The van der Waals surface area contributed by atoms with E-state index in [4.69, 9.17) is 5.84 Å². The molecular formula is C13H20BrN3OSe. The zero-order valence-electron chi connectivity index (χ0n) is 11.3. The van der Waals surface area contributed by atoms with Crippen LogP contribution in [-0.2, 0) is 0 Å². The molecule has 1 aromatic carbocycles. The number of Topliss-reactive ketones (excluding diaryl/α,β-unsaturated/α-hetero) is 1. The second kappa shape index (κ2) is 9.26. The van der Waals surface area contributed by atoms with Crippen molar-refractivity contribution < 1.29 is 26.8 Å². The molecule has 0 aliphatic heterocycles. The Hall–Kier alpha value is -0.681. The van der Waals surface area contributed by atoms with Crippen LogP contribution < -0.4 is 33.2 Å². The Morgan fingerprint density at radius 1 is 1.26 bits per heavy atom. The first-order valence-electron chi connectivity index (χ1n) is 5.90. The molecular weight excluding hydrogens is 373 g/mol. The zero-order valence-corrected chi connectivity index (χ0v) is 14.6. The van der Waals surface area contributed by atoms with Crippen molar-refractivity contribution in [1.82, 2.24) is 5.43 Å². The van der Waals surface area contributed by atoms with E-state index < -0.39 is 0 Å². The normalized spacial score (nSPS) is 12.8. The van der Waals surface area contributed by atoms with Crippen LogP contribution in [0.5, 0.6) is 0 Å². The number of nitrogens with two attached hydrogens (primary N) is 1. The molecule has 6 heteroatoms. The predicted molar refractivity (Wildman–Crippen MR) is 74.4 cm³/mol. The summed E-state index contributed by atoms with van der Waals surface area (Å²) in [6, 6.07) is 9.67. The van der Waals surface area contributed by atoms with Gasteiger partial charge in [0.25, 0.3) is 0 Å². The first-order valence-corrected chi connectivity index (χ1v) is 7.75. The van der Waals surface area contributed by atoms with Crippen LogP contribution >= 0.6 is 0 Å². The number of nitrogens with one attached hydrogen (secondary N) is 2. The summed E-state index contributed by atoms with van der Waals surface area (Å²) in [5.74, 6) is 5.62. The summed E-state index contributed by atoms with van der Waals surface area (Å²) in [6.07, 6.45) is 0. The number of carbonyl (C=O) groups excluding carboxylic acids is 1. The van der Waals surface area contributed by atoms with Crippen molar-refractivity contribution in [3.63, 3.8) is 0 Å². The number of hydrogen-bond acceptors (Lipinski definition) is 2. The van der Waals surface area contributed by atoms with Crippen molar-refractivity contribution in [2.75, 3.05) is 0 Å². The molecule has 1 rings (SSSR count). The van der Waals surface area contributed by atoms with Crippen LogP contribution in [0.4, 0.5) is 0 Å². The van der Waals surface area contributed by atoms with Crippen molar-refractivity contribution in [2.45, 2.75) is 31.6 Å². The van der Waals surface area contributed by atoms with E-state index in [1.807, 2.05) is 51.1 Å². The Labute approximate surface area is 131 Å². The fourth-order valence-corrected chi connectivity index (χ4v) is 3.47. The van der Waals surface area contributed by atoms with E-state index in [9.17, 15) is 4.79 Å².